The maximum absolute atomic E-state index is 13.3. The van der Waals surface area contributed by atoms with Gasteiger partial charge in [-0.2, -0.15) is 0 Å². The fourth-order valence-electron chi connectivity index (χ4n) is 3.93. The summed E-state index contributed by atoms with van der Waals surface area (Å²) >= 11 is 0. The molecule has 0 unspecified atom stereocenters. The second kappa shape index (κ2) is 8.63. The molecule has 0 bridgehead atoms. The van der Waals surface area contributed by atoms with E-state index >= 15 is 0 Å². The number of rotatable bonds is 6. The fourth-order valence-corrected chi connectivity index (χ4v) is 3.93. The van der Waals surface area contributed by atoms with E-state index in [1.807, 2.05) is 78.9 Å². The lowest BCUT2D eigenvalue weighted by atomic mass is 10.1. The van der Waals surface area contributed by atoms with Gasteiger partial charge in [0.15, 0.2) is 5.65 Å². The van der Waals surface area contributed by atoms with Crippen molar-refractivity contribution in [1.29, 1.82) is 0 Å². The molecule has 0 aliphatic rings. The first kappa shape index (κ1) is 20.5. The van der Waals surface area contributed by atoms with E-state index in [0.717, 1.165) is 28.9 Å². The molecule has 3 N–H and O–H groups in total. The van der Waals surface area contributed by atoms with Gasteiger partial charge in [0.2, 0.25) is 0 Å². The first-order valence-electron chi connectivity index (χ1n) is 10.7. The minimum absolute atomic E-state index is 0.273. The fraction of sp³-hybridized carbons (Fsp3) is 0.115. The standard InChI is InChI=1S/C26H23N5O2/c1-33-19-13-11-18(12-14-19)31-24(27)22(26(32)28-16-15-17-7-3-2-4-8-17)23-25(31)30-21-10-6-5-9-20(21)29-23/h2-14H,15-16,27H2,1H3,(H,28,32). The van der Waals surface area contributed by atoms with Gasteiger partial charge in [0.05, 0.1) is 18.1 Å². The Morgan fingerprint density at radius 2 is 1.61 bits per heavy atom. The SMILES string of the molecule is COc1ccc(-n2c(N)c(C(=O)NCCc3ccccc3)c3nc4ccccc4nc32)cc1. The Morgan fingerprint density at radius 1 is 0.939 bits per heavy atom. The molecule has 2 aromatic heterocycles. The Labute approximate surface area is 190 Å². The van der Waals surface area contributed by atoms with Gasteiger partial charge in [-0.3, -0.25) is 9.36 Å². The van der Waals surface area contributed by atoms with Crippen LogP contribution in [-0.2, 0) is 6.42 Å². The Morgan fingerprint density at radius 3 is 2.30 bits per heavy atom. The second-order valence-electron chi connectivity index (χ2n) is 7.67. The lowest BCUT2D eigenvalue weighted by Crippen LogP contribution is -2.26. The molecule has 7 nitrogen and oxygen atoms in total. The quantitative estimate of drug-likeness (QED) is 0.416. The first-order chi connectivity index (χ1) is 16.2. The molecule has 0 atom stereocenters. The molecule has 7 heteroatoms. The highest BCUT2D eigenvalue weighted by Gasteiger charge is 2.24. The minimum atomic E-state index is -0.273. The predicted octanol–water partition coefficient (Wildman–Crippen LogP) is 4.14. The lowest BCUT2D eigenvalue weighted by Gasteiger charge is -2.09. The third kappa shape index (κ3) is 3.85. The van der Waals surface area contributed by atoms with Crippen molar-refractivity contribution in [2.24, 2.45) is 0 Å². The molecule has 5 aromatic rings. The molecule has 3 aromatic carbocycles. The number of fused-ring (bicyclic) bond motifs is 2. The lowest BCUT2D eigenvalue weighted by molar-refractivity contribution is 0.0956. The highest BCUT2D eigenvalue weighted by atomic mass is 16.5. The van der Waals surface area contributed by atoms with Gasteiger partial charge in [-0.25, -0.2) is 9.97 Å². The number of benzene rings is 3. The summed E-state index contributed by atoms with van der Waals surface area (Å²) in [6.45, 7) is 0.485. The second-order valence-corrected chi connectivity index (χ2v) is 7.67. The molecular formula is C26H23N5O2. The number of para-hydroxylation sites is 2. The van der Waals surface area contributed by atoms with E-state index in [-0.39, 0.29) is 5.91 Å². The summed E-state index contributed by atoms with van der Waals surface area (Å²) in [4.78, 5) is 22.8. The van der Waals surface area contributed by atoms with Crippen LogP contribution >= 0.6 is 0 Å². The van der Waals surface area contributed by atoms with Crippen molar-refractivity contribution in [2.45, 2.75) is 6.42 Å². The van der Waals surface area contributed by atoms with Gasteiger partial charge in [0, 0.05) is 12.2 Å². The van der Waals surface area contributed by atoms with Gasteiger partial charge in [-0.15, -0.1) is 0 Å². The highest BCUT2D eigenvalue weighted by Crippen LogP contribution is 2.31. The monoisotopic (exact) mass is 437 g/mol. The maximum Gasteiger partial charge on any atom is 0.257 e. The van der Waals surface area contributed by atoms with Gasteiger partial charge in [0.25, 0.3) is 5.91 Å². The van der Waals surface area contributed by atoms with Crippen LogP contribution in [0.1, 0.15) is 15.9 Å². The molecule has 0 spiro atoms. The Hall–Kier alpha value is -4.39. The molecule has 0 aliphatic heterocycles. The molecule has 164 valence electrons. The van der Waals surface area contributed by atoms with Crippen LogP contribution in [-0.4, -0.2) is 34.1 Å². The number of carbonyl (C=O) groups excluding carboxylic acids is 1. The molecular weight excluding hydrogens is 414 g/mol. The third-order valence-corrected chi connectivity index (χ3v) is 5.60. The van der Waals surface area contributed by atoms with E-state index < -0.39 is 0 Å². The van der Waals surface area contributed by atoms with E-state index in [1.54, 1.807) is 11.7 Å². The Balaban J connectivity index is 1.58. The molecule has 5 rings (SSSR count). The summed E-state index contributed by atoms with van der Waals surface area (Å²) in [5.41, 5.74) is 11.2. The van der Waals surface area contributed by atoms with Crippen LogP contribution < -0.4 is 15.8 Å². The van der Waals surface area contributed by atoms with Gasteiger partial charge in [0.1, 0.15) is 22.6 Å². The van der Waals surface area contributed by atoms with Crippen molar-refractivity contribution < 1.29 is 9.53 Å². The maximum atomic E-state index is 13.3. The zero-order valence-corrected chi connectivity index (χ0v) is 18.2. The average molecular weight is 438 g/mol. The van der Waals surface area contributed by atoms with Gasteiger partial charge in [-0.05, 0) is 48.4 Å². The highest BCUT2D eigenvalue weighted by molar-refractivity contribution is 6.11. The third-order valence-electron chi connectivity index (χ3n) is 5.60. The smallest absolute Gasteiger partial charge is 0.257 e. The van der Waals surface area contributed by atoms with Crippen molar-refractivity contribution in [3.63, 3.8) is 0 Å². The van der Waals surface area contributed by atoms with Crippen LogP contribution in [0.25, 0.3) is 27.9 Å². The normalized spacial score (nSPS) is 11.1. The number of aromatic nitrogens is 3. The number of nitrogens with two attached hydrogens (primary N) is 1. The summed E-state index contributed by atoms with van der Waals surface area (Å²) < 4.78 is 7.04. The van der Waals surface area contributed by atoms with E-state index in [0.29, 0.717) is 34.6 Å². The Kier molecular flexibility index (Phi) is 5.36. The number of hydrogen-bond donors (Lipinski definition) is 2. The molecule has 0 aliphatic carbocycles. The zero-order valence-electron chi connectivity index (χ0n) is 18.2. The van der Waals surface area contributed by atoms with Crippen molar-refractivity contribution in [1.82, 2.24) is 19.9 Å². The number of carbonyl (C=O) groups is 1. The van der Waals surface area contributed by atoms with E-state index in [4.69, 9.17) is 20.4 Å². The Bertz CT molecular complexity index is 1440. The summed E-state index contributed by atoms with van der Waals surface area (Å²) in [6.07, 6.45) is 0.720. The average Bonchev–Trinajstić information content (AvgIpc) is 3.13. The number of hydrogen-bond acceptors (Lipinski definition) is 5. The number of methoxy groups -OCH3 is 1. The summed E-state index contributed by atoms with van der Waals surface area (Å²) in [5.74, 6) is 0.747. The van der Waals surface area contributed by atoms with Gasteiger partial charge in [-0.1, -0.05) is 42.5 Å². The molecule has 0 saturated carbocycles. The molecule has 0 radical (unpaired) electrons. The number of anilines is 1. The largest absolute Gasteiger partial charge is 0.497 e. The van der Waals surface area contributed by atoms with Crippen LogP contribution in [0.4, 0.5) is 5.82 Å². The topological polar surface area (TPSA) is 95.1 Å². The van der Waals surface area contributed by atoms with Crippen LogP contribution in [0.2, 0.25) is 0 Å². The number of nitrogens with one attached hydrogen (secondary N) is 1. The number of nitrogen functional groups attached to an aromatic ring is 1. The number of amides is 1. The molecule has 0 fully saturated rings. The van der Waals surface area contributed by atoms with Crippen molar-refractivity contribution in [2.75, 3.05) is 19.4 Å². The van der Waals surface area contributed by atoms with Crippen molar-refractivity contribution in [3.8, 4) is 11.4 Å². The van der Waals surface area contributed by atoms with Crippen LogP contribution in [0.15, 0.2) is 78.9 Å². The molecule has 33 heavy (non-hydrogen) atoms. The predicted molar refractivity (Wildman–Crippen MR) is 130 cm³/mol. The van der Waals surface area contributed by atoms with Crippen LogP contribution in [0, 0.1) is 0 Å². The van der Waals surface area contributed by atoms with Gasteiger partial charge < -0.3 is 15.8 Å². The van der Waals surface area contributed by atoms with E-state index in [9.17, 15) is 4.79 Å². The van der Waals surface area contributed by atoms with Crippen LogP contribution in [0.5, 0.6) is 5.75 Å². The minimum Gasteiger partial charge on any atom is -0.497 e. The molecule has 2 heterocycles. The summed E-state index contributed by atoms with van der Waals surface area (Å²) in [6, 6.07) is 25.0. The summed E-state index contributed by atoms with van der Waals surface area (Å²) in [5, 5.41) is 2.99. The van der Waals surface area contributed by atoms with Crippen molar-refractivity contribution >= 4 is 33.9 Å². The van der Waals surface area contributed by atoms with E-state index in [2.05, 4.69) is 5.32 Å². The van der Waals surface area contributed by atoms with Crippen molar-refractivity contribution in [3.05, 3.63) is 90.0 Å². The zero-order chi connectivity index (χ0) is 22.8. The van der Waals surface area contributed by atoms with E-state index in [1.165, 1.54) is 0 Å². The summed E-state index contributed by atoms with van der Waals surface area (Å²) in [7, 11) is 1.62. The van der Waals surface area contributed by atoms with Crippen LogP contribution in [0.3, 0.4) is 0 Å². The molecule has 0 saturated heterocycles. The first-order valence-corrected chi connectivity index (χ1v) is 10.7. The van der Waals surface area contributed by atoms with Gasteiger partial charge >= 0.3 is 0 Å². The number of nitrogens with zero attached hydrogens (tertiary/aromatic N) is 3. The number of ether oxygens (including phenoxy) is 1. The molecule has 1 amide bonds.